The zero-order valence-electron chi connectivity index (χ0n) is 17.3. The van der Waals surface area contributed by atoms with Gasteiger partial charge in [-0.25, -0.2) is 4.98 Å². The minimum absolute atomic E-state index is 0.231. The Morgan fingerprint density at radius 1 is 1.16 bits per heavy atom. The Morgan fingerprint density at radius 2 is 1.94 bits per heavy atom. The molecule has 0 radical (unpaired) electrons. The number of fused-ring (bicyclic) bond motifs is 1. The first kappa shape index (κ1) is 21.5. The fraction of sp³-hybridized carbons (Fsp3) is 0.120. The minimum atomic E-state index is -0.231. The molecule has 0 aliphatic carbocycles. The van der Waals surface area contributed by atoms with Crippen LogP contribution in [0.2, 0.25) is 0 Å². The van der Waals surface area contributed by atoms with Crippen LogP contribution in [0.3, 0.4) is 0 Å². The SMILES string of the molecule is CCc1nc2ccc(Br)cc2c(=O)n1N=Cc1ccccc1OCc1ccccc1C#N. The largest absolute Gasteiger partial charge is 0.488 e. The summed E-state index contributed by atoms with van der Waals surface area (Å²) in [5, 5.41) is 14.2. The Bertz CT molecular complexity index is 1420. The van der Waals surface area contributed by atoms with E-state index in [1.807, 2.05) is 61.5 Å². The van der Waals surface area contributed by atoms with Crippen LogP contribution < -0.4 is 10.3 Å². The van der Waals surface area contributed by atoms with Gasteiger partial charge in [-0.2, -0.15) is 15.0 Å². The van der Waals surface area contributed by atoms with E-state index in [2.05, 4.69) is 32.1 Å². The summed E-state index contributed by atoms with van der Waals surface area (Å²) in [7, 11) is 0. The molecule has 1 aromatic heterocycles. The molecular formula is C25H19BrN4O2. The molecule has 1 heterocycles. The van der Waals surface area contributed by atoms with E-state index in [4.69, 9.17) is 4.74 Å². The summed E-state index contributed by atoms with van der Waals surface area (Å²) in [5.41, 5.74) is 2.50. The van der Waals surface area contributed by atoms with Crippen molar-refractivity contribution in [2.24, 2.45) is 5.10 Å². The van der Waals surface area contributed by atoms with Gasteiger partial charge >= 0.3 is 0 Å². The molecule has 0 saturated heterocycles. The first-order chi connectivity index (χ1) is 15.6. The second kappa shape index (κ2) is 9.58. The van der Waals surface area contributed by atoms with E-state index in [9.17, 15) is 10.1 Å². The molecule has 0 aliphatic heterocycles. The van der Waals surface area contributed by atoms with Gasteiger partial charge in [0.05, 0.1) is 28.8 Å². The van der Waals surface area contributed by atoms with Gasteiger partial charge < -0.3 is 4.74 Å². The molecule has 0 amide bonds. The quantitative estimate of drug-likeness (QED) is 0.357. The zero-order valence-corrected chi connectivity index (χ0v) is 18.9. The smallest absolute Gasteiger partial charge is 0.282 e. The van der Waals surface area contributed by atoms with Gasteiger partial charge in [-0.3, -0.25) is 4.79 Å². The van der Waals surface area contributed by atoms with Gasteiger partial charge in [0.25, 0.3) is 5.56 Å². The molecular weight excluding hydrogens is 468 g/mol. The molecule has 6 nitrogen and oxygen atoms in total. The Hall–Kier alpha value is -3.76. The predicted molar refractivity (Wildman–Crippen MR) is 128 cm³/mol. The lowest BCUT2D eigenvalue weighted by Gasteiger charge is -2.11. The Balaban J connectivity index is 1.68. The molecule has 0 aliphatic rings. The number of hydrogen-bond acceptors (Lipinski definition) is 5. The fourth-order valence-electron chi connectivity index (χ4n) is 3.29. The molecule has 3 aromatic carbocycles. The third kappa shape index (κ3) is 4.46. The first-order valence-electron chi connectivity index (χ1n) is 10.1. The minimum Gasteiger partial charge on any atom is -0.488 e. The summed E-state index contributed by atoms with van der Waals surface area (Å²) in [6.07, 6.45) is 2.15. The maximum Gasteiger partial charge on any atom is 0.282 e. The van der Waals surface area contributed by atoms with Gasteiger partial charge in [-0.15, -0.1) is 0 Å². The third-order valence-electron chi connectivity index (χ3n) is 4.94. The van der Waals surface area contributed by atoms with E-state index >= 15 is 0 Å². The van der Waals surface area contributed by atoms with E-state index in [-0.39, 0.29) is 12.2 Å². The van der Waals surface area contributed by atoms with Crippen molar-refractivity contribution >= 4 is 33.0 Å². The summed E-state index contributed by atoms with van der Waals surface area (Å²) < 4.78 is 8.11. The third-order valence-corrected chi connectivity index (χ3v) is 5.44. The number of para-hydroxylation sites is 1. The molecule has 0 spiro atoms. The van der Waals surface area contributed by atoms with E-state index in [1.54, 1.807) is 18.3 Å². The van der Waals surface area contributed by atoms with Crippen LogP contribution in [0.15, 0.2) is 81.1 Å². The van der Waals surface area contributed by atoms with Crippen LogP contribution in [-0.4, -0.2) is 15.9 Å². The van der Waals surface area contributed by atoms with Crippen molar-refractivity contribution < 1.29 is 4.74 Å². The van der Waals surface area contributed by atoms with Crippen LogP contribution in [0, 0.1) is 11.3 Å². The number of aryl methyl sites for hydroxylation is 1. The molecule has 0 fully saturated rings. The molecule has 4 rings (SSSR count). The number of ether oxygens (including phenoxy) is 1. The van der Waals surface area contributed by atoms with Gasteiger partial charge in [0, 0.05) is 22.0 Å². The highest BCUT2D eigenvalue weighted by Crippen LogP contribution is 2.20. The lowest BCUT2D eigenvalue weighted by molar-refractivity contribution is 0.305. The van der Waals surface area contributed by atoms with Gasteiger partial charge in [0.1, 0.15) is 18.2 Å². The summed E-state index contributed by atoms with van der Waals surface area (Å²) in [6, 6.07) is 22.3. The number of rotatable bonds is 6. The summed E-state index contributed by atoms with van der Waals surface area (Å²) in [5.74, 6) is 1.18. The Morgan fingerprint density at radius 3 is 2.75 bits per heavy atom. The van der Waals surface area contributed by atoms with Gasteiger partial charge in [0.2, 0.25) is 0 Å². The number of hydrogen-bond donors (Lipinski definition) is 0. The van der Waals surface area contributed by atoms with Crippen molar-refractivity contribution in [1.29, 1.82) is 5.26 Å². The van der Waals surface area contributed by atoms with Crippen LogP contribution in [-0.2, 0) is 13.0 Å². The zero-order chi connectivity index (χ0) is 22.5. The van der Waals surface area contributed by atoms with Crippen LogP contribution in [0.25, 0.3) is 10.9 Å². The standard InChI is InChI=1S/C25H19BrN4O2/c1-2-24-29-22-12-11-20(26)13-21(22)25(31)30(24)28-15-18-8-5-6-10-23(18)32-16-19-9-4-3-7-17(19)14-27/h3-13,15H,2,16H2,1H3. The number of nitrogens with zero attached hydrogens (tertiary/aromatic N) is 4. The monoisotopic (exact) mass is 486 g/mol. The van der Waals surface area contributed by atoms with E-state index in [0.29, 0.717) is 40.0 Å². The lowest BCUT2D eigenvalue weighted by Crippen LogP contribution is -2.22. The Labute approximate surface area is 193 Å². The highest BCUT2D eigenvalue weighted by molar-refractivity contribution is 9.10. The molecule has 32 heavy (non-hydrogen) atoms. The topological polar surface area (TPSA) is 80.3 Å². The van der Waals surface area contributed by atoms with Gasteiger partial charge in [0.15, 0.2) is 0 Å². The molecule has 4 aromatic rings. The second-order valence-electron chi connectivity index (χ2n) is 7.00. The van der Waals surface area contributed by atoms with Crippen molar-refractivity contribution in [2.75, 3.05) is 0 Å². The molecule has 7 heteroatoms. The average Bonchev–Trinajstić information content (AvgIpc) is 2.83. The maximum atomic E-state index is 13.1. The van der Waals surface area contributed by atoms with Gasteiger partial charge in [-0.1, -0.05) is 53.2 Å². The van der Waals surface area contributed by atoms with E-state index < -0.39 is 0 Å². The molecule has 0 N–H and O–H groups in total. The lowest BCUT2D eigenvalue weighted by atomic mass is 10.1. The van der Waals surface area contributed by atoms with Crippen molar-refractivity contribution in [3.8, 4) is 11.8 Å². The molecule has 158 valence electrons. The molecule has 0 bridgehead atoms. The van der Waals surface area contributed by atoms with Crippen LogP contribution in [0.5, 0.6) is 5.75 Å². The van der Waals surface area contributed by atoms with Crippen molar-refractivity contribution in [2.45, 2.75) is 20.0 Å². The number of nitriles is 1. The number of aromatic nitrogens is 2. The molecule has 0 saturated carbocycles. The maximum absolute atomic E-state index is 13.1. The van der Waals surface area contributed by atoms with Crippen LogP contribution in [0.4, 0.5) is 0 Å². The van der Waals surface area contributed by atoms with Crippen LogP contribution >= 0.6 is 15.9 Å². The normalized spacial score (nSPS) is 11.0. The Kier molecular flexibility index (Phi) is 6.43. The molecule has 0 atom stereocenters. The predicted octanol–water partition coefficient (Wildman–Crippen LogP) is 5.05. The highest BCUT2D eigenvalue weighted by Gasteiger charge is 2.10. The second-order valence-corrected chi connectivity index (χ2v) is 7.92. The first-order valence-corrected chi connectivity index (χ1v) is 10.9. The van der Waals surface area contributed by atoms with E-state index in [0.717, 1.165) is 10.0 Å². The van der Waals surface area contributed by atoms with Gasteiger partial charge in [-0.05, 0) is 36.4 Å². The number of halogens is 1. The average molecular weight is 487 g/mol. The fourth-order valence-corrected chi connectivity index (χ4v) is 3.65. The van der Waals surface area contributed by atoms with E-state index in [1.165, 1.54) is 4.68 Å². The summed E-state index contributed by atoms with van der Waals surface area (Å²) in [4.78, 5) is 17.7. The number of benzene rings is 3. The highest BCUT2D eigenvalue weighted by atomic mass is 79.9. The summed E-state index contributed by atoms with van der Waals surface area (Å²) >= 11 is 3.41. The van der Waals surface area contributed by atoms with Crippen LogP contribution in [0.1, 0.15) is 29.4 Å². The summed E-state index contributed by atoms with van der Waals surface area (Å²) in [6.45, 7) is 2.18. The van der Waals surface area contributed by atoms with Crippen molar-refractivity contribution in [3.63, 3.8) is 0 Å². The van der Waals surface area contributed by atoms with Crippen molar-refractivity contribution in [3.05, 3.63) is 104 Å². The van der Waals surface area contributed by atoms with Crippen molar-refractivity contribution in [1.82, 2.24) is 9.66 Å². The molecule has 0 unspecified atom stereocenters.